The summed E-state index contributed by atoms with van der Waals surface area (Å²) >= 11 is 0. The second-order valence-corrected chi connectivity index (χ2v) is 5.66. The number of hydrogen-bond acceptors (Lipinski definition) is 6. The van der Waals surface area contributed by atoms with Gasteiger partial charge in [0, 0.05) is 6.42 Å². The van der Waals surface area contributed by atoms with Crippen LogP contribution in [0.5, 0.6) is 5.75 Å². The van der Waals surface area contributed by atoms with Gasteiger partial charge in [0.15, 0.2) is 6.10 Å². The Kier molecular flexibility index (Phi) is 2.94. The van der Waals surface area contributed by atoms with Gasteiger partial charge in [-0.2, -0.15) is 4.98 Å². The number of aliphatic hydroxyl groups is 1. The van der Waals surface area contributed by atoms with Crippen LogP contribution in [0.1, 0.15) is 36.2 Å². The van der Waals surface area contributed by atoms with E-state index >= 15 is 0 Å². The summed E-state index contributed by atoms with van der Waals surface area (Å²) in [6, 6.07) is 7.91. The van der Waals surface area contributed by atoms with E-state index in [2.05, 4.69) is 15.5 Å². The summed E-state index contributed by atoms with van der Waals surface area (Å²) in [5.41, 5.74) is 0.136. The smallest absolute Gasteiger partial charge is 0.258 e. The third kappa shape index (κ3) is 2.20. The lowest BCUT2D eigenvalue weighted by molar-refractivity contribution is -0.0228. The van der Waals surface area contributed by atoms with E-state index in [4.69, 9.17) is 9.26 Å². The Morgan fingerprint density at radius 2 is 2.05 bits per heavy atom. The van der Waals surface area contributed by atoms with E-state index in [1.165, 1.54) is 0 Å². The monoisotopic (exact) mass is 287 g/mol. The van der Waals surface area contributed by atoms with Crippen molar-refractivity contribution in [2.45, 2.75) is 31.0 Å². The average molecular weight is 287 g/mol. The molecular formula is C15H17N3O3. The number of benzene rings is 1. The summed E-state index contributed by atoms with van der Waals surface area (Å²) in [6.45, 7) is 1.50. The minimum atomic E-state index is -1.01. The molecule has 1 aromatic carbocycles. The van der Waals surface area contributed by atoms with Crippen molar-refractivity contribution in [3.8, 4) is 5.75 Å². The number of nitrogens with zero attached hydrogens (tertiary/aromatic N) is 2. The maximum Gasteiger partial charge on any atom is 0.258 e. The normalized spacial score (nSPS) is 23.6. The lowest BCUT2D eigenvalue weighted by atomic mass is 9.92. The molecule has 1 atom stereocenters. The van der Waals surface area contributed by atoms with E-state index in [9.17, 15) is 5.11 Å². The van der Waals surface area contributed by atoms with Crippen molar-refractivity contribution < 1.29 is 14.4 Å². The Hall–Kier alpha value is -1.92. The Labute approximate surface area is 122 Å². The van der Waals surface area contributed by atoms with Crippen LogP contribution in [0, 0.1) is 0 Å². The number of para-hydroxylation sites is 1. The molecule has 0 spiro atoms. The SMILES string of the molecule is OC1(c2nc(C3Cc4ccccc4O3)no2)CCNCC1. The van der Waals surface area contributed by atoms with Crippen molar-refractivity contribution in [2.24, 2.45) is 0 Å². The van der Waals surface area contributed by atoms with E-state index in [-0.39, 0.29) is 6.10 Å². The molecule has 6 nitrogen and oxygen atoms in total. The Morgan fingerprint density at radius 1 is 1.24 bits per heavy atom. The highest BCUT2D eigenvalue weighted by Crippen LogP contribution is 2.36. The molecule has 6 heteroatoms. The molecule has 2 aliphatic heterocycles. The molecule has 110 valence electrons. The first-order valence-electron chi connectivity index (χ1n) is 7.26. The van der Waals surface area contributed by atoms with Crippen molar-refractivity contribution in [3.63, 3.8) is 0 Å². The summed E-state index contributed by atoms with van der Waals surface area (Å²) in [5.74, 6) is 1.68. The first-order chi connectivity index (χ1) is 10.2. The van der Waals surface area contributed by atoms with Gasteiger partial charge in [0.1, 0.15) is 11.4 Å². The van der Waals surface area contributed by atoms with Gasteiger partial charge in [-0.05, 0) is 37.6 Å². The molecule has 0 bridgehead atoms. The van der Waals surface area contributed by atoms with Crippen molar-refractivity contribution in [3.05, 3.63) is 41.5 Å². The minimum Gasteiger partial charge on any atom is -0.482 e. The molecule has 2 aromatic rings. The second-order valence-electron chi connectivity index (χ2n) is 5.66. The Bertz CT molecular complexity index is 624. The number of fused-ring (bicyclic) bond motifs is 1. The standard InChI is InChI=1S/C15H17N3O3/c19-15(5-7-16-8-6-15)14-17-13(18-21-14)12-9-10-3-1-2-4-11(10)20-12/h1-4,12,16,19H,5-9H2. The van der Waals surface area contributed by atoms with Crippen LogP contribution in [0.25, 0.3) is 0 Å². The fraction of sp³-hybridized carbons (Fsp3) is 0.467. The Morgan fingerprint density at radius 3 is 2.86 bits per heavy atom. The molecule has 4 rings (SSSR count). The summed E-state index contributed by atoms with van der Waals surface area (Å²) in [4.78, 5) is 4.39. The zero-order valence-corrected chi connectivity index (χ0v) is 11.6. The Balaban J connectivity index is 1.56. The fourth-order valence-corrected chi connectivity index (χ4v) is 2.93. The summed E-state index contributed by atoms with van der Waals surface area (Å²) in [5, 5.41) is 17.8. The summed E-state index contributed by atoms with van der Waals surface area (Å²) in [6.07, 6.45) is 1.67. The maximum atomic E-state index is 10.6. The van der Waals surface area contributed by atoms with Gasteiger partial charge in [-0.25, -0.2) is 0 Å². The maximum absolute atomic E-state index is 10.6. The van der Waals surface area contributed by atoms with Crippen LogP contribution in [-0.4, -0.2) is 28.3 Å². The molecule has 2 aliphatic rings. The quantitative estimate of drug-likeness (QED) is 0.867. The number of hydrogen-bond donors (Lipinski definition) is 2. The molecule has 0 radical (unpaired) electrons. The number of aromatic nitrogens is 2. The van der Waals surface area contributed by atoms with Gasteiger partial charge in [-0.3, -0.25) is 0 Å². The largest absolute Gasteiger partial charge is 0.482 e. The van der Waals surface area contributed by atoms with Crippen LogP contribution < -0.4 is 10.1 Å². The zero-order valence-electron chi connectivity index (χ0n) is 11.6. The molecule has 3 heterocycles. The second kappa shape index (κ2) is 4.82. The van der Waals surface area contributed by atoms with Crippen LogP contribution in [0.15, 0.2) is 28.8 Å². The molecule has 2 N–H and O–H groups in total. The number of piperidine rings is 1. The first kappa shape index (κ1) is 12.8. The fourth-order valence-electron chi connectivity index (χ4n) is 2.93. The molecule has 1 fully saturated rings. The molecule has 1 unspecified atom stereocenters. The van der Waals surface area contributed by atoms with Crippen molar-refractivity contribution in [1.82, 2.24) is 15.5 Å². The van der Waals surface area contributed by atoms with Crippen LogP contribution in [0.3, 0.4) is 0 Å². The van der Waals surface area contributed by atoms with Crippen LogP contribution >= 0.6 is 0 Å². The van der Waals surface area contributed by atoms with Gasteiger partial charge in [0.05, 0.1) is 0 Å². The average Bonchev–Trinajstić information content (AvgIpc) is 3.15. The molecule has 1 aromatic heterocycles. The highest BCUT2D eigenvalue weighted by atomic mass is 16.5. The highest BCUT2D eigenvalue weighted by molar-refractivity contribution is 5.37. The van der Waals surface area contributed by atoms with E-state index in [0.717, 1.165) is 30.8 Å². The molecule has 0 aliphatic carbocycles. The molecule has 1 saturated heterocycles. The third-order valence-electron chi connectivity index (χ3n) is 4.21. The molecule has 21 heavy (non-hydrogen) atoms. The topological polar surface area (TPSA) is 80.4 Å². The highest BCUT2D eigenvalue weighted by Gasteiger charge is 2.38. The van der Waals surface area contributed by atoms with Gasteiger partial charge in [-0.1, -0.05) is 23.4 Å². The number of nitrogens with one attached hydrogen (secondary N) is 1. The van der Waals surface area contributed by atoms with Crippen LogP contribution in [-0.2, 0) is 12.0 Å². The lowest BCUT2D eigenvalue weighted by Crippen LogP contribution is -2.40. The van der Waals surface area contributed by atoms with Crippen molar-refractivity contribution in [1.29, 1.82) is 0 Å². The van der Waals surface area contributed by atoms with Gasteiger partial charge in [0.2, 0.25) is 5.82 Å². The number of ether oxygens (including phenoxy) is 1. The predicted octanol–water partition coefficient (Wildman–Crippen LogP) is 1.32. The summed E-state index contributed by atoms with van der Waals surface area (Å²) < 4.78 is 11.1. The predicted molar refractivity (Wildman–Crippen MR) is 73.8 cm³/mol. The van der Waals surface area contributed by atoms with E-state index in [0.29, 0.717) is 24.6 Å². The molecule has 0 amide bonds. The van der Waals surface area contributed by atoms with E-state index in [1.807, 2.05) is 24.3 Å². The van der Waals surface area contributed by atoms with Gasteiger partial charge in [0.25, 0.3) is 5.89 Å². The van der Waals surface area contributed by atoms with E-state index < -0.39 is 5.60 Å². The van der Waals surface area contributed by atoms with E-state index in [1.54, 1.807) is 0 Å². The van der Waals surface area contributed by atoms with Crippen molar-refractivity contribution >= 4 is 0 Å². The van der Waals surface area contributed by atoms with Crippen molar-refractivity contribution in [2.75, 3.05) is 13.1 Å². The van der Waals surface area contributed by atoms with Crippen LogP contribution in [0.4, 0.5) is 0 Å². The van der Waals surface area contributed by atoms with Crippen LogP contribution in [0.2, 0.25) is 0 Å². The molecular weight excluding hydrogens is 270 g/mol. The number of rotatable bonds is 2. The summed E-state index contributed by atoms with van der Waals surface area (Å²) in [7, 11) is 0. The first-order valence-corrected chi connectivity index (χ1v) is 7.26. The molecule has 0 saturated carbocycles. The zero-order chi connectivity index (χ0) is 14.3. The lowest BCUT2D eigenvalue weighted by Gasteiger charge is -2.28. The van der Waals surface area contributed by atoms with Gasteiger partial charge >= 0.3 is 0 Å². The van der Waals surface area contributed by atoms with Gasteiger partial charge in [-0.15, -0.1) is 0 Å². The van der Waals surface area contributed by atoms with Gasteiger partial charge < -0.3 is 19.7 Å². The third-order valence-corrected chi connectivity index (χ3v) is 4.21. The minimum absolute atomic E-state index is 0.231.